The van der Waals surface area contributed by atoms with E-state index in [1.54, 1.807) is 6.07 Å². The fourth-order valence-electron chi connectivity index (χ4n) is 3.28. The predicted molar refractivity (Wildman–Crippen MR) is 125 cm³/mol. The highest BCUT2D eigenvalue weighted by molar-refractivity contribution is 5.55. The molecule has 2 N–H and O–H groups in total. The number of anilines is 2. The minimum absolute atomic E-state index is 0.0435. The third-order valence-electron chi connectivity index (χ3n) is 5.08. The first-order valence-electron chi connectivity index (χ1n) is 11.3. The van der Waals surface area contributed by atoms with Crippen molar-refractivity contribution < 1.29 is 32.5 Å². The molecule has 3 aromatic rings. The number of ether oxygens (including phenoxy) is 3. The van der Waals surface area contributed by atoms with Gasteiger partial charge in [-0.25, -0.2) is 23.1 Å². The Bertz CT molecular complexity index is 1110. The molecule has 188 valence electrons. The number of benzene rings is 2. The van der Waals surface area contributed by atoms with E-state index < -0.39 is 17.5 Å². The number of halogens is 3. The van der Waals surface area contributed by atoms with Crippen molar-refractivity contribution in [2.24, 2.45) is 0 Å². The first-order valence-corrected chi connectivity index (χ1v) is 11.3. The van der Waals surface area contributed by atoms with Crippen LogP contribution in [0.4, 0.5) is 24.8 Å². The van der Waals surface area contributed by atoms with Gasteiger partial charge in [0.15, 0.2) is 28.9 Å². The number of hydrogen-bond acceptors (Lipinski definition) is 7. The molecule has 10 heteroatoms. The summed E-state index contributed by atoms with van der Waals surface area (Å²) in [6.07, 6.45) is 5.02. The summed E-state index contributed by atoms with van der Waals surface area (Å²) in [4.78, 5) is 8.19. The second kappa shape index (κ2) is 12.8. The van der Waals surface area contributed by atoms with Crippen molar-refractivity contribution >= 4 is 11.6 Å². The summed E-state index contributed by atoms with van der Waals surface area (Å²) in [6, 6.07) is 5.70. The number of methoxy groups -OCH3 is 1. The summed E-state index contributed by atoms with van der Waals surface area (Å²) in [7, 11) is 1.32. The van der Waals surface area contributed by atoms with Crippen LogP contribution in [0.15, 0.2) is 36.7 Å². The zero-order valence-electron chi connectivity index (χ0n) is 19.6. The van der Waals surface area contributed by atoms with Crippen LogP contribution in [0.5, 0.6) is 17.2 Å². The van der Waals surface area contributed by atoms with Crippen LogP contribution < -0.4 is 19.5 Å². The van der Waals surface area contributed by atoms with E-state index in [2.05, 4.69) is 15.3 Å². The van der Waals surface area contributed by atoms with E-state index in [1.165, 1.54) is 37.7 Å². The molecule has 0 radical (unpaired) electrons. The topological polar surface area (TPSA) is 85.7 Å². The van der Waals surface area contributed by atoms with Gasteiger partial charge in [-0.2, -0.15) is 0 Å². The van der Waals surface area contributed by atoms with Crippen molar-refractivity contribution in [2.45, 2.75) is 39.2 Å². The molecule has 0 fully saturated rings. The fourth-order valence-corrected chi connectivity index (χ4v) is 3.28. The average Bonchev–Trinajstić information content (AvgIpc) is 2.85. The minimum Gasteiger partial charge on any atom is -0.494 e. The van der Waals surface area contributed by atoms with Crippen molar-refractivity contribution in [3.05, 3.63) is 65.2 Å². The van der Waals surface area contributed by atoms with Crippen LogP contribution in [0.2, 0.25) is 0 Å². The van der Waals surface area contributed by atoms with E-state index in [4.69, 9.17) is 19.3 Å². The van der Waals surface area contributed by atoms with Crippen LogP contribution >= 0.6 is 0 Å². The van der Waals surface area contributed by atoms with E-state index in [0.29, 0.717) is 43.5 Å². The molecule has 0 amide bonds. The van der Waals surface area contributed by atoms with Crippen LogP contribution in [-0.4, -0.2) is 35.4 Å². The molecule has 0 aliphatic heterocycles. The Balaban J connectivity index is 1.62. The zero-order valence-corrected chi connectivity index (χ0v) is 19.6. The SMILES string of the molecule is CCCc1cc(OC)c(F)c(COc2cnc(Nc3ccc(OCCCCO)c(F)c3)nc2)c1F. The number of aliphatic hydroxyl groups excluding tert-OH is 1. The molecule has 35 heavy (non-hydrogen) atoms. The lowest BCUT2D eigenvalue weighted by Gasteiger charge is -2.14. The fraction of sp³-hybridized carbons (Fsp3) is 0.360. The third-order valence-corrected chi connectivity index (χ3v) is 5.08. The van der Waals surface area contributed by atoms with Gasteiger partial charge >= 0.3 is 0 Å². The van der Waals surface area contributed by atoms with Gasteiger partial charge in [0.05, 0.1) is 31.7 Å². The number of unbranched alkanes of at least 4 members (excludes halogenated alkanes) is 1. The molecule has 0 atom stereocenters. The lowest BCUT2D eigenvalue weighted by atomic mass is 10.0. The molecule has 2 aromatic carbocycles. The largest absolute Gasteiger partial charge is 0.494 e. The molecule has 0 unspecified atom stereocenters. The Morgan fingerprint density at radius 2 is 1.74 bits per heavy atom. The van der Waals surface area contributed by atoms with Crippen molar-refractivity contribution in [2.75, 3.05) is 25.6 Å². The molecule has 1 aromatic heterocycles. The first kappa shape index (κ1) is 26.1. The third kappa shape index (κ3) is 6.98. The van der Waals surface area contributed by atoms with Crippen molar-refractivity contribution in [3.63, 3.8) is 0 Å². The number of nitrogens with one attached hydrogen (secondary N) is 1. The van der Waals surface area contributed by atoms with Crippen LogP contribution in [0.25, 0.3) is 0 Å². The molecule has 0 aliphatic carbocycles. The second-order valence-corrected chi connectivity index (χ2v) is 7.67. The van der Waals surface area contributed by atoms with Gasteiger partial charge in [0.2, 0.25) is 5.95 Å². The van der Waals surface area contributed by atoms with Gasteiger partial charge < -0.3 is 24.6 Å². The Morgan fingerprint density at radius 1 is 0.971 bits per heavy atom. The van der Waals surface area contributed by atoms with Crippen LogP contribution in [-0.2, 0) is 13.0 Å². The summed E-state index contributed by atoms with van der Waals surface area (Å²) < 4.78 is 59.4. The van der Waals surface area contributed by atoms with E-state index in [0.717, 1.165) is 0 Å². The molecule has 0 saturated heterocycles. The molecule has 0 saturated carbocycles. The quantitative estimate of drug-likeness (QED) is 0.313. The highest BCUT2D eigenvalue weighted by Gasteiger charge is 2.19. The van der Waals surface area contributed by atoms with Gasteiger partial charge in [0.25, 0.3) is 0 Å². The van der Waals surface area contributed by atoms with Crippen molar-refractivity contribution in [1.82, 2.24) is 9.97 Å². The van der Waals surface area contributed by atoms with E-state index in [9.17, 15) is 13.2 Å². The van der Waals surface area contributed by atoms with E-state index >= 15 is 0 Å². The molecule has 0 bridgehead atoms. The highest BCUT2D eigenvalue weighted by atomic mass is 19.1. The number of hydrogen-bond donors (Lipinski definition) is 2. The number of aromatic nitrogens is 2. The Kier molecular flexibility index (Phi) is 9.54. The molecule has 0 spiro atoms. The maximum Gasteiger partial charge on any atom is 0.227 e. The summed E-state index contributed by atoms with van der Waals surface area (Å²) in [5, 5.41) is 11.6. The van der Waals surface area contributed by atoms with Gasteiger partial charge in [-0.15, -0.1) is 0 Å². The van der Waals surface area contributed by atoms with Gasteiger partial charge in [0, 0.05) is 18.4 Å². The van der Waals surface area contributed by atoms with Gasteiger partial charge in [0.1, 0.15) is 12.4 Å². The summed E-state index contributed by atoms with van der Waals surface area (Å²) >= 11 is 0. The predicted octanol–water partition coefficient (Wildman–Crippen LogP) is 5.33. The number of nitrogens with zero attached hydrogens (tertiary/aromatic N) is 2. The summed E-state index contributed by atoms with van der Waals surface area (Å²) in [5.74, 6) is -1.58. The molecular formula is C25H28F3N3O4. The first-order chi connectivity index (χ1) is 17.0. The van der Waals surface area contributed by atoms with Gasteiger partial charge in [-0.05, 0) is 43.0 Å². The Morgan fingerprint density at radius 3 is 2.40 bits per heavy atom. The smallest absolute Gasteiger partial charge is 0.227 e. The molecule has 0 aliphatic rings. The summed E-state index contributed by atoms with van der Waals surface area (Å²) in [5.41, 5.74) is 0.529. The van der Waals surface area contributed by atoms with Crippen LogP contribution in [0, 0.1) is 17.5 Å². The molecule has 1 heterocycles. The zero-order chi connectivity index (χ0) is 25.2. The standard InChI is InChI=1S/C25H28F3N3O4/c1-3-6-16-11-22(33-2)24(28)19(23(16)27)15-35-18-13-29-25(30-14-18)31-17-7-8-21(20(26)12-17)34-10-5-4-9-32/h7-8,11-14,32H,3-6,9-10,15H2,1-2H3,(H,29,30,31). The van der Waals surface area contributed by atoms with E-state index in [1.807, 2.05) is 6.92 Å². The monoisotopic (exact) mass is 491 g/mol. The molecule has 3 rings (SSSR count). The normalized spacial score (nSPS) is 10.8. The highest BCUT2D eigenvalue weighted by Crippen LogP contribution is 2.29. The number of aryl methyl sites for hydroxylation is 1. The van der Waals surface area contributed by atoms with Gasteiger partial charge in [-0.3, -0.25) is 0 Å². The Labute approximate surface area is 201 Å². The van der Waals surface area contributed by atoms with Crippen molar-refractivity contribution in [3.8, 4) is 17.2 Å². The number of aliphatic hydroxyl groups is 1. The van der Waals surface area contributed by atoms with Crippen molar-refractivity contribution in [1.29, 1.82) is 0 Å². The Hall–Kier alpha value is -3.53. The molecule has 7 nitrogen and oxygen atoms in total. The second-order valence-electron chi connectivity index (χ2n) is 7.67. The lowest BCUT2D eigenvalue weighted by molar-refractivity contribution is 0.248. The minimum atomic E-state index is -0.813. The van der Waals surface area contributed by atoms with E-state index in [-0.39, 0.29) is 42.0 Å². The van der Waals surface area contributed by atoms with Gasteiger partial charge in [-0.1, -0.05) is 13.3 Å². The summed E-state index contributed by atoms with van der Waals surface area (Å²) in [6.45, 7) is 1.90. The average molecular weight is 492 g/mol. The maximum atomic E-state index is 14.7. The maximum absolute atomic E-state index is 14.7. The molecular weight excluding hydrogens is 463 g/mol. The number of rotatable bonds is 13. The lowest BCUT2D eigenvalue weighted by Crippen LogP contribution is -2.08. The van der Waals surface area contributed by atoms with Crippen LogP contribution in [0.1, 0.15) is 37.3 Å². The van der Waals surface area contributed by atoms with Crippen LogP contribution in [0.3, 0.4) is 0 Å².